The molecule has 152 valence electrons. The highest BCUT2D eigenvalue weighted by Gasteiger charge is 2.35. The van der Waals surface area contributed by atoms with Crippen LogP contribution in [0, 0.1) is 5.82 Å². The average molecular weight is 398 g/mol. The van der Waals surface area contributed by atoms with Gasteiger partial charge >= 0.3 is 0 Å². The Kier molecular flexibility index (Phi) is 5.38. The van der Waals surface area contributed by atoms with Crippen LogP contribution in [0.3, 0.4) is 0 Å². The van der Waals surface area contributed by atoms with E-state index in [2.05, 4.69) is 10.6 Å². The number of amides is 2. The Labute approximate surface area is 168 Å². The van der Waals surface area contributed by atoms with Gasteiger partial charge in [0.2, 0.25) is 12.7 Å². The van der Waals surface area contributed by atoms with Gasteiger partial charge in [-0.2, -0.15) is 0 Å². The summed E-state index contributed by atoms with van der Waals surface area (Å²) >= 11 is 0. The predicted molar refractivity (Wildman–Crippen MR) is 104 cm³/mol. The lowest BCUT2D eigenvalue weighted by atomic mass is 9.79. The Morgan fingerprint density at radius 2 is 1.69 bits per heavy atom. The fourth-order valence-electron chi connectivity index (χ4n) is 4.05. The lowest BCUT2D eigenvalue weighted by Gasteiger charge is -2.30. The first kappa shape index (κ1) is 19.2. The van der Waals surface area contributed by atoms with Crippen molar-refractivity contribution in [1.29, 1.82) is 0 Å². The van der Waals surface area contributed by atoms with E-state index in [9.17, 15) is 14.0 Å². The average Bonchev–Trinajstić information content (AvgIpc) is 3.40. The maximum atomic E-state index is 13.3. The molecule has 1 heterocycles. The Balaban J connectivity index is 1.32. The van der Waals surface area contributed by atoms with Crippen molar-refractivity contribution in [3.63, 3.8) is 0 Å². The SMILES string of the molecule is O=C(CNC(=O)c1ccc2c(c1)OCO2)NCC1(c2ccc(F)cc2)CCCC1. The third kappa shape index (κ3) is 4.18. The van der Waals surface area contributed by atoms with Crippen LogP contribution in [0.25, 0.3) is 0 Å². The van der Waals surface area contributed by atoms with Gasteiger partial charge in [-0.15, -0.1) is 0 Å². The normalized spacial score (nSPS) is 16.4. The lowest BCUT2D eigenvalue weighted by Crippen LogP contribution is -2.43. The van der Waals surface area contributed by atoms with Crippen LogP contribution in [-0.2, 0) is 10.2 Å². The van der Waals surface area contributed by atoms with Crippen LogP contribution in [-0.4, -0.2) is 31.7 Å². The van der Waals surface area contributed by atoms with Gasteiger partial charge < -0.3 is 20.1 Å². The van der Waals surface area contributed by atoms with E-state index in [1.165, 1.54) is 12.1 Å². The Hall–Kier alpha value is -3.09. The molecule has 1 aliphatic carbocycles. The fraction of sp³-hybridized carbons (Fsp3) is 0.364. The minimum Gasteiger partial charge on any atom is -0.454 e. The summed E-state index contributed by atoms with van der Waals surface area (Å²) < 4.78 is 23.8. The van der Waals surface area contributed by atoms with Gasteiger partial charge in [0.05, 0.1) is 6.54 Å². The third-order valence-corrected chi connectivity index (χ3v) is 5.69. The summed E-state index contributed by atoms with van der Waals surface area (Å²) in [5, 5.41) is 5.56. The van der Waals surface area contributed by atoms with Crippen molar-refractivity contribution in [1.82, 2.24) is 10.6 Å². The molecule has 4 rings (SSSR count). The van der Waals surface area contributed by atoms with Crippen molar-refractivity contribution in [2.45, 2.75) is 31.1 Å². The molecule has 0 aromatic heterocycles. The minimum absolute atomic E-state index is 0.118. The number of halogens is 1. The maximum Gasteiger partial charge on any atom is 0.251 e. The second-order valence-corrected chi connectivity index (χ2v) is 7.52. The number of hydrogen-bond donors (Lipinski definition) is 2. The molecule has 0 bridgehead atoms. The molecule has 0 saturated heterocycles. The highest BCUT2D eigenvalue weighted by atomic mass is 19.1. The highest BCUT2D eigenvalue weighted by Crippen LogP contribution is 2.40. The van der Waals surface area contributed by atoms with E-state index in [0.29, 0.717) is 23.6 Å². The Bertz CT molecular complexity index is 908. The Morgan fingerprint density at radius 1 is 0.966 bits per heavy atom. The van der Waals surface area contributed by atoms with E-state index in [1.807, 2.05) is 0 Å². The van der Waals surface area contributed by atoms with E-state index in [0.717, 1.165) is 31.2 Å². The zero-order chi connectivity index (χ0) is 20.3. The van der Waals surface area contributed by atoms with E-state index >= 15 is 0 Å². The summed E-state index contributed by atoms with van der Waals surface area (Å²) in [5.41, 5.74) is 1.27. The van der Waals surface area contributed by atoms with Gasteiger partial charge in [0.1, 0.15) is 5.82 Å². The summed E-state index contributed by atoms with van der Waals surface area (Å²) in [6.07, 6.45) is 4.05. The maximum absolute atomic E-state index is 13.3. The molecule has 2 aromatic carbocycles. The van der Waals surface area contributed by atoms with E-state index in [4.69, 9.17) is 9.47 Å². The smallest absolute Gasteiger partial charge is 0.251 e. The molecule has 7 heteroatoms. The fourth-order valence-corrected chi connectivity index (χ4v) is 4.05. The molecule has 2 N–H and O–H groups in total. The zero-order valence-corrected chi connectivity index (χ0v) is 16.0. The van der Waals surface area contributed by atoms with Gasteiger partial charge in [-0.25, -0.2) is 4.39 Å². The molecular weight excluding hydrogens is 375 g/mol. The number of rotatable bonds is 6. The van der Waals surface area contributed by atoms with E-state index in [-0.39, 0.29) is 36.4 Å². The van der Waals surface area contributed by atoms with Crippen molar-refractivity contribution in [3.05, 3.63) is 59.4 Å². The molecule has 2 aliphatic rings. The molecule has 6 nitrogen and oxygen atoms in total. The van der Waals surface area contributed by atoms with Crippen LogP contribution in [0.15, 0.2) is 42.5 Å². The van der Waals surface area contributed by atoms with Crippen LogP contribution < -0.4 is 20.1 Å². The summed E-state index contributed by atoms with van der Waals surface area (Å²) in [4.78, 5) is 24.6. The van der Waals surface area contributed by atoms with Gasteiger partial charge in [0.15, 0.2) is 11.5 Å². The van der Waals surface area contributed by atoms with Crippen LogP contribution in [0.4, 0.5) is 4.39 Å². The molecule has 0 unspecified atom stereocenters. The van der Waals surface area contributed by atoms with Crippen molar-refractivity contribution in [2.75, 3.05) is 19.9 Å². The van der Waals surface area contributed by atoms with Gasteiger partial charge in [-0.05, 0) is 48.7 Å². The molecule has 1 saturated carbocycles. The molecule has 2 aromatic rings. The van der Waals surface area contributed by atoms with Crippen molar-refractivity contribution in [2.24, 2.45) is 0 Å². The van der Waals surface area contributed by atoms with Gasteiger partial charge in [-0.1, -0.05) is 25.0 Å². The predicted octanol–water partition coefficient (Wildman–Crippen LogP) is 2.91. The van der Waals surface area contributed by atoms with Crippen LogP contribution >= 0.6 is 0 Å². The van der Waals surface area contributed by atoms with Crippen molar-refractivity contribution < 1.29 is 23.5 Å². The molecule has 1 fully saturated rings. The first-order chi connectivity index (χ1) is 14.1. The summed E-state index contributed by atoms with van der Waals surface area (Å²) in [7, 11) is 0. The quantitative estimate of drug-likeness (QED) is 0.785. The first-order valence-electron chi connectivity index (χ1n) is 9.76. The number of fused-ring (bicyclic) bond motifs is 1. The zero-order valence-electron chi connectivity index (χ0n) is 16.0. The van der Waals surface area contributed by atoms with Gasteiger partial charge in [0, 0.05) is 17.5 Å². The van der Waals surface area contributed by atoms with Crippen molar-refractivity contribution >= 4 is 11.8 Å². The summed E-state index contributed by atoms with van der Waals surface area (Å²) in [6.45, 7) is 0.489. The van der Waals surface area contributed by atoms with Crippen LogP contribution in [0.2, 0.25) is 0 Å². The molecule has 0 spiro atoms. The van der Waals surface area contributed by atoms with Gasteiger partial charge in [0.25, 0.3) is 5.91 Å². The van der Waals surface area contributed by atoms with E-state index in [1.54, 1.807) is 30.3 Å². The second-order valence-electron chi connectivity index (χ2n) is 7.52. The topological polar surface area (TPSA) is 76.7 Å². The third-order valence-electron chi connectivity index (χ3n) is 5.69. The Morgan fingerprint density at radius 3 is 2.45 bits per heavy atom. The number of benzene rings is 2. The van der Waals surface area contributed by atoms with Gasteiger partial charge in [-0.3, -0.25) is 9.59 Å². The number of carbonyl (C=O) groups excluding carboxylic acids is 2. The number of nitrogens with one attached hydrogen (secondary N) is 2. The highest BCUT2D eigenvalue weighted by molar-refractivity contribution is 5.97. The first-order valence-corrected chi connectivity index (χ1v) is 9.76. The second kappa shape index (κ2) is 8.11. The number of carbonyl (C=O) groups is 2. The molecule has 0 atom stereocenters. The lowest BCUT2D eigenvalue weighted by molar-refractivity contribution is -0.120. The molecule has 2 amide bonds. The summed E-state index contributed by atoms with van der Waals surface area (Å²) in [6, 6.07) is 11.4. The molecule has 0 radical (unpaired) electrons. The van der Waals surface area contributed by atoms with Crippen LogP contribution in [0.1, 0.15) is 41.6 Å². The van der Waals surface area contributed by atoms with Crippen LogP contribution in [0.5, 0.6) is 11.5 Å². The number of ether oxygens (including phenoxy) is 2. The van der Waals surface area contributed by atoms with Crippen molar-refractivity contribution in [3.8, 4) is 11.5 Å². The summed E-state index contributed by atoms with van der Waals surface area (Å²) in [5.74, 6) is 0.240. The molecule has 1 aliphatic heterocycles. The molecule has 29 heavy (non-hydrogen) atoms. The number of hydrogen-bond acceptors (Lipinski definition) is 4. The molecular formula is C22H23FN2O4. The largest absolute Gasteiger partial charge is 0.454 e. The monoisotopic (exact) mass is 398 g/mol. The minimum atomic E-state index is -0.354. The van der Waals surface area contributed by atoms with E-state index < -0.39 is 0 Å². The standard InChI is InChI=1S/C22H23FN2O4/c23-17-6-4-16(5-7-17)22(9-1-2-10-22)13-25-20(26)12-24-21(27)15-3-8-18-19(11-15)29-14-28-18/h3-8,11H,1-2,9-10,12-14H2,(H,24,27)(H,25,26).